The Bertz CT molecular complexity index is 940. The zero-order chi connectivity index (χ0) is 20.0. The summed E-state index contributed by atoms with van der Waals surface area (Å²) in [4.78, 5) is 17.6. The van der Waals surface area contributed by atoms with Crippen molar-refractivity contribution in [2.45, 2.75) is 39.2 Å². The molecule has 0 radical (unpaired) electrons. The summed E-state index contributed by atoms with van der Waals surface area (Å²) in [5.41, 5.74) is 4.07. The van der Waals surface area contributed by atoms with Gasteiger partial charge in [0.15, 0.2) is 17.2 Å². The van der Waals surface area contributed by atoms with Crippen molar-refractivity contribution in [1.82, 2.24) is 20.0 Å². The van der Waals surface area contributed by atoms with Gasteiger partial charge in [-0.25, -0.2) is 0 Å². The molecule has 4 heterocycles. The Hall–Kier alpha value is -2.54. The minimum absolute atomic E-state index is 0.0365. The van der Waals surface area contributed by atoms with Crippen molar-refractivity contribution in [3.63, 3.8) is 0 Å². The molecule has 2 aromatic rings. The second kappa shape index (κ2) is 7.06. The van der Waals surface area contributed by atoms with Gasteiger partial charge in [0.05, 0.1) is 0 Å². The molecule has 0 unspecified atom stereocenters. The van der Waals surface area contributed by atoms with Crippen LogP contribution in [0.1, 0.15) is 47.1 Å². The standard InChI is InChI=1S/C22H28N4O3/c1-22(11-15-4-5-18-19(10-15)29-14-28-18)7-3-8-26(13-22)21(27)20-16-12-25(2)9-6-17(16)23-24-20/h4-5,10H,3,6-9,11-14H2,1-2H3,(H,23,24)/t22-/m0/s1. The third-order valence-corrected chi connectivity index (χ3v) is 6.46. The predicted molar refractivity (Wildman–Crippen MR) is 108 cm³/mol. The number of ether oxygens (including phenoxy) is 2. The van der Waals surface area contributed by atoms with E-state index >= 15 is 0 Å². The number of piperidine rings is 1. The number of carbonyl (C=O) groups is 1. The molecule has 0 saturated carbocycles. The molecule has 1 saturated heterocycles. The van der Waals surface area contributed by atoms with Crippen LogP contribution in [-0.4, -0.2) is 59.4 Å². The van der Waals surface area contributed by atoms with E-state index in [-0.39, 0.29) is 11.3 Å². The first-order valence-electron chi connectivity index (χ1n) is 10.4. The van der Waals surface area contributed by atoms with E-state index in [9.17, 15) is 4.79 Å². The van der Waals surface area contributed by atoms with Crippen LogP contribution < -0.4 is 9.47 Å². The number of fused-ring (bicyclic) bond motifs is 2. The number of H-pyrrole nitrogens is 1. The van der Waals surface area contributed by atoms with Crippen molar-refractivity contribution in [3.05, 3.63) is 40.7 Å². The lowest BCUT2D eigenvalue weighted by atomic mass is 9.76. The fourth-order valence-corrected chi connectivity index (χ4v) is 4.93. The summed E-state index contributed by atoms with van der Waals surface area (Å²) in [5.74, 6) is 1.70. The Morgan fingerprint density at radius 2 is 2.14 bits per heavy atom. The van der Waals surface area contributed by atoms with Gasteiger partial charge in [-0.1, -0.05) is 13.0 Å². The third kappa shape index (κ3) is 3.48. The molecule has 1 N–H and O–H groups in total. The molecule has 0 bridgehead atoms. The Morgan fingerprint density at radius 1 is 1.28 bits per heavy atom. The molecule has 0 spiro atoms. The van der Waals surface area contributed by atoms with Crippen LogP contribution >= 0.6 is 0 Å². The van der Waals surface area contributed by atoms with E-state index in [1.54, 1.807) is 0 Å². The molecule has 1 aromatic heterocycles. The van der Waals surface area contributed by atoms with Gasteiger partial charge in [-0.15, -0.1) is 0 Å². The smallest absolute Gasteiger partial charge is 0.274 e. The fraction of sp³-hybridized carbons (Fsp3) is 0.545. The number of amides is 1. The summed E-state index contributed by atoms with van der Waals surface area (Å²) in [7, 11) is 2.09. The van der Waals surface area contributed by atoms with E-state index in [0.29, 0.717) is 12.5 Å². The summed E-state index contributed by atoms with van der Waals surface area (Å²) in [5, 5.41) is 7.51. The highest BCUT2D eigenvalue weighted by Crippen LogP contribution is 2.38. The van der Waals surface area contributed by atoms with Crippen molar-refractivity contribution in [1.29, 1.82) is 0 Å². The highest BCUT2D eigenvalue weighted by atomic mass is 16.7. The van der Waals surface area contributed by atoms with E-state index in [0.717, 1.165) is 74.6 Å². The van der Waals surface area contributed by atoms with Gasteiger partial charge in [-0.05, 0) is 49.4 Å². The van der Waals surface area contributed by atoms with Crippen LogP contribution in [-0.2, 0) is 19.4 Å². The van der Waals surface area contributed by atoms with E-state index in [1.807, 2.05) is 11.0 Å². The molecule has 1 atom stereocenters. The lowest BCUT2D eigenvalue weighted by molar-refractivity contribution is 0.0543. The average molecular weight is 396 g/mol. The fourth-order valence-electron chi connectivity index (χ4n) is 4.93. The first-order chi connectivity index (χ1) is 14.0. The molecule has 3 aliphatic rings. The quantitative estimate of drug-likeness (QED) is 0.864. The maximum atomic E-state index is 13.3. The number of benzene rings is 1. The van der Waals surface area contributed by atoms with Gasteiger partial charge in [-0.2, -0.15) is 5.10 Å². The molecule has 7 heteroatoms. The number of aromatic nitrogens is 2. The van der Waals surface area contributed by atoms with Gasteiger partial charge in [0.2, 0.25) is 6.79 Å². The Kier molecular flexibility index (Phi) is 4.50. The van der Waals surface area contributed by atoms with Crippen molar-refractivity contribution >= 4 is 5.91 Å². The van der Waals surface area contributed by atoms with Crippen LogP contribution in [0.3, 0.4) is 0 Å². The molecule has 1 amide bonds. The van der Waals surface area contributed by atoms with Crippen molar-refractivity contribution in [3.8, 4) is 11.5 Å². The summed E-state index contributed by atoms with van der Waals surface area (Å²) >= 11 is 0. The largest absolute Gasteiger partial charge is 0.454 e. The monoisotopic (exact) mass is 396 g/mol. The van der Waals surface area contributed by atoms with Gasteiger partial charge in [0.25, 0.3) is 5.91 Å². The second-order valence-corrected chi connectivity index (χ2v) is 9.02. The van der Waals surface area contributed by atoms with E-state index in [2.05, 4.69) is 41.2 Å². The lowest BCUT2D eigenvalue weighted by Crippen LogP contribution is -2.46. The van der Waals surface area contributed by atoms with E-state index in [4.69, 9.17) is 9.47 Å². The molecule has 1 fully saturated rings. The molecule has 0 aliphatic carbocycles. The van der Waals surface area contributed by atoms with Crippen LogP contribution in [0.4, 0.5) is 0 Å². The minimum Gasteiger partial charge on any atom is -0.454 e. The second-order valence-electron chi connectivity index (χ2n) is 9.02. The summed E-state index contributed by atoms with van der Waals surface area (Å²) in [6.45, 7) is 5.91. The molecular formula is C22H28N4O3. The number of carbonyl (C=O) groups excluding carboxylic acids is 1. The zero-order valence-corrected chi connectivity index (χ0v) is 17.2. The van der Waals surface area contributed by atoms with Gasteiger partial charge in [-0.3, -0.25) is 9.89 Å². The van der Waals surface area contributed by atoms with Crippen molar-refractivity contribution in [2.75, 3.05) is 33.5 Å². The van der Waals surface area contributed by atoms with E-state index < -0.39 is 0 Å². The number of likely N-dealkylation sites (tertiary alicyclic amines) is 1. The van der Waals surface area contributed by atoms with Crippen LogP contribution in [0.25, 0.3) is 0 Å². The predicted octanol–water partition coefficient (Wildman–Crippen LogP) is 2.61. The van der Waals surface area contributed by atoms with E-state index in [1.165, 1.54) is 5.56 Å². The number of hydrogen-bond donors (Lipinski definition) is 1. The Labute approximate surface area is 171 Å². The van der Waals surface area contributed by atoms with Crippen molar-refractivity contribution < 1.29 is 14.3 Å². The molecule has 5 rings (SSSR count). The normalized spacial score (nSPS) is 23.9. The lowest BCUT2D eigenvalue weighted by Gasteiger charge is -2.40. The zero-order valence-electron chi connectivity index (χ0n) is 17.2. The average Bonchev–Trinajstić information content (AvgIpc) is 3.33. The maximum absolute atomic E-state index is 13.3. The molecular weight excluding hydrogens is 368 g/mol. The van der Waals surface area contributed by atoms with Crippen LogP contribution in [0, 0.1) is 5.41 Å². The SMILES string of the molecule is CN1CCc2[nH]nc(C(=O)N3CCC[C@@](C)(Cc4ccc5c(c4)OCO5)C3)c2C1. The van der Waals surface area contributed by atoms with Crippen molar-refractivity contribution in [2.24, 2.45) is 5.41 Å². The van der Waals surface area contributed by atoms with Crippen LogP contribution in [0.5, 0.6) is 11.5 Å². The molecule has 154 valence electrons. The summed E-state index contributed by atoms with van der Waals surface area (Å²) in [6.07, 6.45) is 3.95. The molecule has 3 aliphatic heterocycles. The van der Waals surface area contributed by atoms with Crippen LogP contribution in [0.15, 0.2) is 18.2 Å². The Balaban J connectivity index is 1.32. The first kappa shape index (κ1) is 18.5. The summed E-state index contributed by atoms with van der Waals surface area (Å²) in [6, 6.07) is 6.17. The highest BCUT2D eigenvalue weighted by molar-refractivity contribution is 5.94. The van der Waals surface area contributed by atoms with Gasteiger partial charge < -0.3 is 19.3 Å². The van der Waals surface area contributed by atoms with Crippen LogP contribution in [0.2, 0.25) is 0 Å². The molecule has 1 aromatic carbocycles. The first-order valence-corrected chi connectivity index (χ1v) is 10.4. The molecule has 7 nitrogen and oxygen atoms in total. The molecule has 29 heavy (non-hydrogen) atoms. The minimum atomic E-state index is 0.0365. The topological polar surface area (TPSA) is 70.7 Å². The Morgan fingerprint density at radius 3 is 3.03 bits per heavy atom. The van der Waals surface area contributed by atoms with Gasteiger partial charge in [0.1, 0.15) is 0 Å². The van der Waals surface area contributed by atoms with Gasteiger partial charge in [0, 0.05) is 43.9 Å². The number of aromatic amines is 1. The van der Waals surface area contributed by atoms with Gasteiger partial charge >= 0.3 is 0 Å². The number of nitrogens with zero attached hydrogens (tertiary/aromatic N) is 3. The summed E-state index contributed by atoms with van der Waals surface area (Å²) < 4.78 is 11.0. The maximum Gasteiger partial charge on any atom is 0.274 e. The number of rotatable bonds is 3. The number of likely N-dealkylation sites (N-methyl/N-ethyl adjacent to an activating group) is 1. The number of hydrogen-bond acceptors (Lipinski definition) is 5. The highest BCUT2D eigenvalue weighted by Gasteiger charge is 2.36. The third-order valence-electron chi connectivity index (χ3n) is 6.46. The number of nitrogens with one attached hydrogen (secondary N) is 1.